The van der Waals surface area contributed by atoms with Gasteiger partial charge >= 0.3 is 6.11 Å². The molecule has 0 aromatic heterocycles. The van der Waals surface area contributed by atoms with Gasteiger partial charge in [0.05, 0.1) is 5.56 Å². The molecule has 0 atom stereocenters. The maximum absolute atomic E-state index is 15.1. The van der Waals surface area contributed by atoms with Crippen molar-refractivity contribution in [2.24, 2.45) is 5.92 Å². The van der Waals surface area contributed by atoms with Crippen molar-refractivity contribution >= 4 is 0 Å². The zero-order chi connectivity index (χ0) is 22.7. The normalized spacial score (nSPS) is 21.5. The first-order valence-electron chi connectivity index (χ1n) is 12.5. The fourth-order valence-corrected chi connectivity index (χ4v) is 5.51. The summed E-state index contributed by atoms with van der Waals surface area (Å²) in [6, 6.07) is 8.81. The molecule has 0 unspecified atom stereocenters. The van der Waals surface area contributed by atoms with Crippen molar-refractivity contribution in [2.45, 2.75) is 96.5 Å². The van der Waals surface area contributed by atoms with Crippen molar-refractivity contribution in [1.29, 1.82) is 0 Å². The molecule has 2 aromatic rings. The number of benzene rings is 2. The Hall–Kier alpha value is -1.97. The first-order chi connectivity index (χ1) is 15.4. The molecule has 1 aliphatic carbocycles. The maximum Gasteiger partial charge on any atom is 0.427 e. The smallest absolute Gasteiger partial charge is 0.425 e. The van der Waals surface area contributed by atoms with Crippen LogP contribution in [0, 0.1) is 11.7 Å². The molecule has 1 fully saturated rings. The third-order valence-electron chi connectivity index (χ3n) is 7.37. The summed E-state index contributed by atoms with van der Waals surface area (Å²) in [6.07, 6.45) is 7.94. The maximum atomic E-state index is 15.1. The van der Waals surface area contributed by atoms with Crippen LogP contribution < -0.4 is 4.74 Å². The van der Waals surface area contributed by atoms with Gasteiger partial charge in [0.15, 0.2) is 11.6 Å². The average molecular weight is 445 g/mol. The number of ether oxygens (including phenoxy) is 1. The second-order valence-electron chi connectivity index (χ2n) is 9.66. The van der Waals surface area contributed by atoms with Crippen LogP contribution in [-0.2, 0) is 12.5 Å². The minimum absolute atomic E-state index is 0.131. The largest absolute Gasteiger partial charge is 0.427 e. The van der Waals surface area contributed by atoms with Crippen LogP contribution in [0.15, 0.2) is 30.3 Å². The highest BCUT2D eigenvalue weighted by Gasteiger charge is 2.44. The predicted octanol–water partition coefficient (Wildman–Crippen LogP) is 9.13. The summed E-state index contributed by atoms with van der Waals surface area (Å²) in [7, 11) is 0. The van der Waals surface area contributed by atoms with E-state index in [1.54, 1.807) is 24.3 Å². The molecular weight excluding hydrogens is 409 g/mol. The van der Waals surface area contributed by atoms with Crippen LogP contribution in [0.5, 0.6) is 5.75 Å². The molecule has 2 aromatic carbocycles. The highest BCUT2D eigenvalue weighted by Crippen LogP contribution is 2.50. The van der Waals surface area contributed by atoms with Gasteiger partial charge in [-0.25, -0.2) is 4.39 Å². The van der Waals surface area contributed by atoms with Gasteiger partial charge in [-0.2, -0.15) is 8.78 Å². The molecular formula is C28H35F3O. The number of rotatable bonds is 8. The zero-order valence-electron chi connectivity index (χ0n) is 19.4. The van der Waals surface area contributed by atoms with Crippen LogP contribution in [0.4, 0.5) is 13.2 Å². The topological polar surface area (TPSA) is 9.23 Å². The van der Waals surface area contributed by atoms with E-state index >= 15 is 13.2 Å². The molecule has 1 heterocycles. The molecule has 1 nitrogen and oxygen atoms in total. The van der Waals surface area contributed by atoms with Crippen molar-refractivity contribution in [3.05, 3.63) is 52.8 Å². The van der Waals surface area contributed by atoms with Crippen LogP contribution in [0.1, 0.15) is 101 Å². The molecule has 4 rings (SSSR count). The first kappa shape index (κ1) is 23.2. The Kier molecular flexibility index (Phi) is 7.17. The van der Waals surface area contributed by atoms with Gasteiger partial charge in [0, 0.05) is 5.56 Å². The third kappa shape index (κ3) is 4.70. The average Bonchev–Trinajstić information content (AvgIpc) is 2.79. The molecule has 174 valence electrons. The van der Waals surface area contributed by atoms with Crippen LogP contribution in [0.25, 0.3) is 11.1 Å². The summed E-state index contributed by atoms with van der Waals surface area (Å²) in [6.45, 7) is 4.34. The molecule has 0 bridgehead atoms. The van der Waals surface area contributed by atoms with Gasteiger partial charge in [0.25, 0.3) is 0 Å². The summed E-state index contributed by atoms with van der Waals surface area (Å²) in [5, 5.41) is 0. The van der Waals surface area contributed by atoms with Gasteiger partial charge < -0.3 is 4.74 Å². The van der Waals surface area contributed by atoms with Crippen molar-refractivity contribution in [3.63, 3.8) is 0 Å². The molecule has 0 radical (unpaired) electrons. The zero-order valence-corrected chi connectivity index (χ0v) is 19.4. The predicted molar refractivity (Wildman–Crippen MR) is 124 cm³/mol. The Bertz CT molecular complexity index is 929. The van der Waals surface area contributed by atoms with Crippen LogP contribution in [-0.4, -0.2) is 0 Å². The number of aryl methyl sites for hydroxylation is 1. The summed E-state index contributed by atoms with van der Waals surface area (Å²) in [5.41, 5.74) is 2.10. The molecule has 0 amide bonds. The monoisotopic (exact) mass is 444 g/mol. The minimum atomic E-state index is -3.53. The summed E-state index contributed by atoms with van der Waals surface area (Å²) < 4.78 is 50.3. The number of fused-ring (bicyclic) bond motifs is 3. The lowest BCUT2D eigenvalue weighted by molar-refractivity contribution is -0.188. The molecule has 32 heavy (non-hydrogen) atoms. The Labute approximate surface area is 190 Å². The number of alkyl halides is 2. The standard InChI is InChI=1S/C28H35F3O/c1-3-5-6-7-9-21-14-17-24-23-16-15-22(20-12-10-19(8-4-2)11-13-20)18-25(23)28(30,31)32-27(24)26(21)29/h14-20H,3-13H2,1-2H3. The Morgan fingerprint density at radius 1 is 0.906 bits per heavy atom. The van der Waals surface area contributed by atoms with Gasteiger partial charge in [-0.05, 0) is 73.1 Å². The molecule has 1 aliphatic heterocycles. The van der Waals surface area contributed by atoms with Gasteiger partial charge in [0.2, 0.25) is 0 Å². The van der Waals surface area contributed by atoms with E-state index in [1.165, 1.54) is 12.8 Å². The Morgan fingerprint density at radius 3 is 2.38 bits per heavy atom. The lowest BCUT2D eigenvalue weighted by Gasteiger charge is -2.32. The van der Waals surface area contributed by atoms with E-state index in [2.05, 4.69) is 13.8 Å². The Balaban J connectivity index is 1.59. The van der Waals surface area contributed by atoms with Crippen molar-refractivity contribution in [2.75, 3.05) is 0 Å². The summed E-state index contributed by atoms with van der Waals surface area (Å²) in [5.74, 6) is 0.142. The highest BCUT2D eigenvalue weighted by atomic mass is 19.3. The van der Waals surface area contributed by atoms with E-state index in [1.807, 2.05) is 6.07 Å². The first-order valence-corrected chi connectivity index (χ1v) is 12.5. The minimum Gasteiger partial charge on any atom is -0.425 e. The van der Waals surface area contributed by atoms with E-state index in [-0.39, 0.29) is 11.3 Å². The fraction of sp³-hybridized carbons (Fsp3) is 0.571. The molecule has 2 aliphatic rings. The summed E-state index contributed by atoms with van der Waals surface area (Å²) in [4.78, 5) is 0. The van der Waals surface area contributed by atoms with Crippen molar-refractivity contribution in [1.82, 2.24) is 0 Å². The third-order valence-corrected chi connectivity index (χ3v) is 7.37. The van der Waals surface area contributed by atoms with Gasteiger partial charge in [-0.1, -0.05) is 70.2 Å². The van der Waals surface area contributed by atoms with Gasteiger partial charge in [-0.3, -0.25) is 0 Å². The fourth-order valence-electron chi connectivity index (χ4n) is 5.51. The molecule has 0 N–H and O–H groups in total. The number of halogens is 3. The second kappa shape index (κ2) is 9.89. The van der Waals surface area contributed by atoms with E-state index in [9.17, 15) is 0 Å². The van der Waals surface area contributed by atoms with Crippen molar-refractivity contribution < 1.29 is 17.9 Å². The van der Waals surface area contributed by atoms with Crippen molar-refractivity contribution in [3.8, 4) is 16.9 Å². The molecule has 1 saturated carbocycles. The molecule has 0 spiro atoms. The highest BCUT2D eigenvalue weighted by molar-refractivity contribution is 5.77. The van der Waals surface area contributed by atoms with E-state index in [4.69, 9.17) is 4.74 Å². The van der Waals surface area contributed by atoms with E-state index in [0.717, 1.165) is 62.8 Å². The molecule has 0 saturated heterocycles. The van der Waals surface area contributed by atoms with Crippen LogP contribution in [0.3, 0.4) is 0 Å². The molecule has 4 heteroatoms. The van der Waals surface area contributed by atoms with Gasteiger partial charge in [0.1, 0.15) is 0 Å². The Morgan fingerprint density at radius 2 is 1.66 bits per heavy atom. The lowest BCUT2D eigenvalue weighted by atomic mass is 9.76. The van der Waals surface area contributed by atoms with Crippen LogP contribution in [0.2, 0.25) is 0 Å². The number of hydrogen-bond acceptors (Lipinski definition) is 1. The van der Waals surface area contributed by atoms with E-state index in [0.29, 0.717) is 29.0 Å². The van der Waals surface area contributed by atoms with Gasteiger partial charge in [-0.15, -0.1) is 0 Å². The van der Waals surface area contributed by atoms with E-state index < -0.39 is 11.9 Å². The second-order valence-corrected chi connectivity index (χ2v) is 9.66. The van der Waals surface area contributed by atoms with Crippen LogP contribution >= 0.6 is 0 Å². The SMILES string of the molecule is CCCCCCc1ccc2c(c1F)OC(F)(F)c1cc(C3CCC(CCC)CC3)ccc1-2. The lowest BCUT2D eigenvalue weighted by Crippen LogP contribution is -2.28. The summed E-state index contributed by atoms with van der Waals surface area (Å²) >= 11 is 0. The quantitative estimate of drug-likeness (QED) is 0.369. The number of hydrogen-bond donors (Lipinski definition) is 0. The number of unbranched alkanes of at least 4 members (excludes halogenated alkanes) is 3.